The first kappa shape index (κ1) is 30.2. The van der Waals surface area contributed by atoms with Crippen molar-refractivity contribution < 1.29 is 0 Å². The first-order valence-corrected chi connectivity index (χ1v) is 18.8. The number of allylic oxidation sites excluding steroid dienone is 4. The predicted molar refractivity (Wildman–Crippen MR) is 223 cm³/mol. The first-order valence-electron chi connectivity index (χ1n) is 17.8. The molecule has 2 aliphatic rings. The number of hydrogen-bond donors (Lipinski definition) is 0. The number of benzene rings is 8. The van der Waals surface area contributed by atoms with E-state index >= 15 is 0 Å². The van der Waals surface area contributed by atoms with Gasteiger partial charge in [-0.15, -0.1) is 11.8 Å². The van der Waals surface area contributed by atoms with Gasteiger partial charge in [0.25, 0.3) is 0 Å². The summed E-state index contributed by atoms with van der Waals surface area (Å²) in [6.07, 6.45) is 8.54. The van der Waals surface area contributed by atoms with Crippen LogP contribution in [-0.2, 0) is 5.41 Å². The van der Waals surface area contributed by atoms with Crippen LogP contribution in [0.3, 0.4) is 0 Å². The Balaban J connectivity index is 1.25. The van der Waals surface area contributed by atoms with Crippen LogP contribution in [0.25, 0.3) is 82.0 Å². The average molecular weight is 669 g/mol. The molecule has 0 aromatic heterocycles. The van der Waals surface area contributed by atoms with Crippen molar-refractivity contribution in [1.82, 2.24) is 0 Å². The molecule has 1 aliphatic carbocycles. The summed E-state index contributed by atoms with van der Waals surface area (Å²) < 4.78 is 0. The largest absolute Gasteiger partial charge is 0.121 e. The Kier molecular flexibility index (Phi) is 6.78. The van der Waals surface area contributed by atoms with Crippen LogP contribution >= 0.6 is 11.8 Å². The van der Waals surface area contributed by atoms with Gasteiger partial charge in [-0.25, -0.2) is 0 Å². The zero-order valence-electron chi connectivity index (χ0n) is 28.8. The van der Waals surface area contributed by atoms with Crippen molar-refractivity contribution in [3.05, 3.63) is 181 Å². The molecule has 0 saturated carbocycles. The molecule has 1 heteroatoms. The highest BCUT2D eigenvalue weighted by Gasteiger charge is 2.38. The van der Waals surface area contributed by atoms with Gasteiger partial charge >= 0.3 is 0 Å². The lowest BCUT2D eigenvalue weighted by atomic mass is 9.79. The summed E-state index contributed by atoms with van der Waals surface area (Å²) in [5, 5.41) is 10.4. The molecule has 242 valence electrons. The fraction of sp³-hybridized carbons (Fsp3) is 0.0800. The van der Waals surface area contributed by atoms with Gasteiger partial charge in [-0.2, -0.15) is 0 Å². The van der Waals surface area contributed by atoms with Gasteiger partial charge in [0.1, 0.15) is 0 Å². The summed E-state index contributed by atoms with van der Waals surface area (Å²) in [6, 6.07) is 50.2. The Hall–Kier alpha value is -5.63. The summed E-state index contributed by atoms with van der Waals surface area (Å²) >= 11 is 1.88. The average Bonchev–Trinajstić information content (AvgIpc) is 3.45. The Morgan fingerprint density at radius 3 is 1.65 bits per heavy atom. The summed E-state index contributed by atoms with van der Waals surface area (Å²) in [5.74, 6) is 0.928. The van der Waals surface area contributed by atoms with Crippen LogP contribution in [0.4, 0.5) is 0 Å². The summed E-state index contributed by atoms with van der Waals surface area (Å²) in [4.78, 5) is 1.27. The van der Waals surface area contributed by atoms with Crippen LogP contribution in [0, 0.1) is 0 Å². The van der Waals surface area contributed by atoms with Gasteiger partial charge in [0.05, 0.1) is 0 Å². The minimum Gasteiger partial charge on any atom is -0.121 e. The molecule has 0 fully saturated rings. The Morgan fingerprint density at radius 2 is 1.02 bits per heavy atom. The van der Waals surface area contributed by atoms with E-state index < -0.39 is 0 Å². The monoisotopic (exact) mass is 668 g/mol. The van der Waals surface area contributed by atoms with Gasteiger partial charge in [0.2, 0.25) is 0 Å². The van der Waals surface area contributed by atoms with Gasteiger partial charge in [-0.05, 0) is 111 Å². The predicted octanol–water partition coefficient (Wildman–Crippen LogP) is 14.2. The molecule has 1 heterocycles. The van der Waals surface area contributed by atoms with E-state index in [1.54, 1.807) is 0 Å². The van der Waals surface area contributed by atoms with E-state index in [4.69, 9.17) is 0 Å². The SMILES string of the molecule is C=C1/C=C\C=C/CSc2cc(-c3c4ccccc4c(-c4ccc5c(c4)-c4c(c6ccccc6c6ccccc46)C5(C)C)c4ccccc34)ccc21. The number of fused-ring (bicyclic) bond motifs is 11. The maximum Gasteiger partial charge on any atom is 0.0165 e. The molecule has 0 spiro atoms. The zero-order valence-corrected chi connectivity index (χ0v) is 29.7. The second-order valence-corrected chi connectivity index (χ2v) is 15.5. The van der Waals surface area contributed by atoms with E-state index in [1.807, 2.05) is 11.8 Å². The molecule has 0 bridgehead atoms. The molecule has 0 amide bonds. The second-order valence-electron chi connectivity index (χ2n) is 14.4. The van der Waals surface area contributed by atoms with E-state index in [0.717, 1.165) is 11.3 Å². The minimum atomic E-state index is -0.126. The van der Waals surface area contributed by atoms with Crippen molar-refractivity contribution in [2.24, 2.45) is 0 Å². The normalized spacial score (nSPS) is 16.0. The summed E-state index contributed by atoms with van der Waals surface area (Å²) in [6.45, 7) is 9.20. The van der Waals surface area contributed by atoms with E-state index in [9.17, 15) is 0 Å². The molecule has 0 saturated heterocycles. The molecule has 0 unspecified atom stereocenters. The van der Waals surface area contributed by atoms with Gasteiger partial charge in [-0.1, -0.05) is 166 Å². The van der Waals surface area contributed by atoms with E-state index in [2.05, 4.69) is 178 Å². The van der Waals surface area contributed by atoms with Crippen LogP contribution in [-0.4, -0.2) is 5.75 Å². The lowest BCUT2D eigenvalue weighted by Crippen LogP contribution is -2.15. The van der Waals surface area contributed by atoms with Crippen molar-refractivity contribution >= 4 is 60.4 Å². The fourth-order valence-corrected chi connectivity index (χ4v) is 9.95. The number of thioether (sulfide) groups is 1. The van der Waals surface area contributed by atoms with Crippen molar-refractivity contribution in [2.75, 3.05) is 5.75 Å². The van der Waals surface area contributed by atoms with Crippen molar-refractivity contribution in [3.8, 4) is 33.4 Å². The molecule has 8 aromatic rings. The van der Waals surface area contributed by atoms with Gasteiger partial charge < -0.3 is 0 Å². The zero-order chi connectivity index (χ0) is 34.3. The van der Waals surface area contributed by atoms with Crippen LogP contribution in [0.5, 0.6) is 0 Å². The molecule has 8 aromatic carbocycles. The van der Waals surface area contributed by atoms with Crippen LogP contribution < -0.4 is 0 Å². The maximum atomic E-state index is 4.39. The van der Waals surface area contributed by atoms with Gasteiger partial charge in [-0.3, -0.25) is 0 Å². The molecule has 51 heavy (non-hydrogen) atoms. The van der Waals surface area contributed by atoms with E-state index in [-0.39, 0.29) is 5.41 Å². The third kappa shape index (κ3) is 4.48. The van der Waals surface area contributed by atoms with Crippen LogP contribution in [0.2, 0.25) is 0 Å². The molecule has 0 radical (unpaired) electrons. The lowest BCUT2D eigenvalue weighted by Gasteiger charge is -2.24. The lowest BCUT2D eigenvalue weighted by molar-refractivity contribution is 0.666. The standard InChI is InChI=1S/C50H36S/c1-31-15-5-4-14-28-51-45-30-33(24-26-34(31)45)47-40-21-11-9-19-38(40)46(39-20-10-12-22-41(39)47)32-25-27-44-43(29-32)48-37-18-8-6-16-35(37)36-17-7-13-23-42(36)49(48)50(44,2)3/h4-27,29-30H,1,28H2,2-3H3/b14-4-,15-5-. The smallest absolute Gasteiger partial charge is 0.0165 e. The van der Waals surface area contributed by atoms with Crippen molar-refractivity contribution in [2.45, 2.75) is 24.2 Å². The highest BCUT2D eigenvalue weighted by atomic mass is 32.2. The van der Waals surface area contributed by atoms with Crippen molar-refractivity contribution in [3.63, 3.8) is 0 Å². The summed E-state index contributed by atoms with van der Waals surface area (Å²) in [5.41, 5.74) is 12.8. The van der Waals surface area contributed by atoms with Gasteiger partial charge in [0, 0.05) is 16.1 Å². The molecular weight excluding hydrogens is 633 g/mol. The molecular formula is C50H36S. The molecule has 0 atom stereocenters. The highest BCUT2D eigenvalue weighted by Crippen LogP contribution is 2.56. The molecule has 1 aliphatic heterocycles. The highest BCUT2D eigenvalue weighted by molar-refractivity contribution is 7.99. The number of hydrogen-bond acceptors (Lipinski definition) is 1. The fourth-order valence-electron chi connectivity index (χ4n) is 9.00. The quantitative estimate of drug-likeness (QED) is 0.130. The van der Waals surface area contributed by atoms with Crippen LogP contribution in [0.1, 0.15) is 30.5 Å². The second kappa shape index (κ2) is 11.5. The molecule has 0 N–H and O–H groups in total. The Bertz CT molecular complexity index is 2790. The van der Waals surface area contributed by atoms with Gasteiger partial charge in [0.15, 0.2) is 0 Å². The molecule has 10 rings (SSSR count). The van der Waals surface area contributed by atoms with Crippen LogP contribution in [0.15, 0.2) is 169 Å². The number of rotatable bonds is 2. The summed E-state index contributed by atoms with van der Waals surface area (Å²) in [7, 11) is 0. The van der Waals surface area contributed by atoms with E-state index in [1.165, 1.54) is 98.1 Å². The van der Waals surface area contributed by atoms with Crippen molar-refractivity contribution in [1.29, 1.82) is 0 Å². The Morgan fingerprint density at radius 1 is 0.510 bits per heavy atom. The maximum absolute atomic E-state index is 4.39. The van der Waals surface area contributed by atoms with E-state index in [0.29, 0.717) is 0 Å². The third-order valence-corrected chi connectivity index (χ3v) is 12.2. The third-order valence-electron chi connectivity index (χ3n) is 11.2. The Labute approximate surface area is 303 Å². The topological polar surface area (TPSA) is 0 Å². The first-order chi connectivity index (χ1) is 25.0. The molecule has 0 nitrogen and oxygen atoms in total. The minimum absolute atomic E-state index is 0.126.